The third-order valence-electron chi connectivity index (χ3n) is 3.51. The number of alkyl halides is 3. The Bertz CT molecular complexity index is 990. The molecule has 2 heterocycles. The van der Waals surface area contributed by atoms with Gasteiger partial charge >= 0.3 is 12.3 Å². The van der Waals surface area contributed by atoms with Crippen molar-refractivity contribution >= 4 is 17.4 Å². The van der Waals surface area contributed by atoms with E-state index in [9.17, 15) is 18.0 Å². The van der Waals surface area contributed by atoms with Gasteiger partial charge < -0.3 is 4.74 Å². The van der Waals surface area contributed by atoms with Gasteiger partial charge in [0.25, 0.3) is 0 Å². The number of hydrogen-bond donors (Lipinski definition) is 1. The molecular weight excluding hydrogens is 361 g/mol. The molecule has 27 heavy (non-hydrogen) atoms. The Balaban J connectivity index is 2.01. The fourth-order valence-corrected chi connectivity index (χ4v) is 2.47. The Morgan fingerprint density at radius 3 is 2.52 bits per heavy atom. The number of carbonyl (C=O) groups is 1. The van der Waals surface area contributed by atoms with Gasteiger partial charge in [0.15, 0.2) is 5.65 Å². The van der Waals surface area contributed by atoms with Crippen LogP contribution in [-0.2, 0) is 10.9 Å². The molecule has 1 aromatic carbocycles. The van der Waals surface area contributed by atoms with Gasteiger partial charge in [0, 0.05) is 11.8 Å². The first-order valence-corrected chi connectivity index (χ1v) is 8.05. The Morgan fingerprint density at radius 1 is 1.15 bits per heavy atom. The Morgan fingerprint density at radius 2 is 1.85 bits per heavy atom. The maximum Gasteiger partial charge on any atom is 0.417 e. The lowest BCUT2D eigenvalue weighted by Gasteiger charge is -2.19. The number of fused-ring (bicyclic) bond motifs is 1. The van der Waals surface area contributed by atoms with E-state index in [0.29, 0.717) is 0 Å². The van der Waals surface area contributed by atoms with Crippen molar-refractivity contribution in [3.8, 4) is 11.3 Å². The van der Waals surface area contributed by atoms with E-state index in [0.717, 1.165) is 6.07 Å². The number of benzene rings is 1. The molecule has 3 rings (SSSR count). The molecule has 3 aromatic rings. The summed E-state index contributed by atoms with van der Waals surface area (Å²) in [7, 11) is 0. The molecule has 6 nitrogen and oxygen atoms in total. The van der Waals surface area contributed by atoms with Gasteiger partial charge in [0.05, 0.1) is 17.5 Å². The first-order chi connectivity index (χ1) is 12.5. The summed E-state index contributed by atoms with van der Waals surface area (Å²) in [5, 5.41) is 6.55. The third kappa shape index (κ3) is 4.18. The smallest absolute Gasteiger partial charge is 0.417 e. The van der Waals surface area contributed by atoms with Gasteiger partial charge in [-0.05, 0) is 32.9 Å². The van der Waals surface area contributed by atoms with Crippen molar-refractivity contribution in [2.24, 2.45) is 0 Å². The second-order valence-electron chi connectivity index (χ2n) is 6.81. The number of rotatable bonds is 2. The second-order valence-corrected chi connectivity index (χ2v) is 6.81. The number of hydrogen-bond acceptors (Lipinski definition) is 4. The third-order valence-corrected chi connectivity index (χ3v) is 3.51. The molecule has 2 aromatic heterocycles. The summed E-state index contributed by atoms with van der Waals surface area (Å²) in [5.41, 5.74) is -0.994. The van der Waals surface area contributed by atoms with Crippen LogP contribution in [0.5, 0.6) is 0 Å². The summed E-state index contributed by atoms with van der Waals surface area (Å²) in [6.07, 6.45) is -2.39. The van der Waals surface area contributed by atoms with Crippen molar-refractivity contribution in [2.75, 3.05) is 5.32 Å². The van der Waals surface area contributed by atoms with Crippen molar-refractivity contribution in [1.29, 1.82) is 0 Å². The van der Waals surface area contributed by atoms with Crippen LogP contribution in [0.2, 0.25) is 0 Å². The summed E-state index contributed by atoms with van der Waals surface area (Å²) in [6.45, 7) is 5.15. The van der Waals surface area contributed by atoms with Gasteiger partial charge in [0.1, 0.15) is 11.3 Å². The van der Waals surface area contributed by atoms with E-state index in [-0.39, 0.29) is 22.6 Å². The van der Waals surface area contributed by atoms with Crippen LogP contribution in [0.3, 0.4) is 0 Å². The monoisotopic (exact) mass is 378 g/mol. The van der Waals surface area contributed by atoms with Crippen molar-refractivity contribution < 1.29 is 22.7 Å². The first kappa shape index (κ1) is 18.7. The van der Waals surface area contributed by atoms with Crippen molar-refractivity contribution in [3.63, 3.8) is 0 Å². The van der Waals surface area contributed by atoms with E-state index >= 15 is 0 Å². The Kier molecular flexibility index (Phi) is 4.54. The van der Waals surface area contributed by atoms with Crippen molar-refractivity contribution in [2.45, 2.75) is 32.5 Å². The number of anilines is 1. The van der Waals surface area contributed by atoms with Crippen LogP contribution in [0, 0.1) is 0 Å². The van der Waals surface area contributed by atoms with Crippen LogP contribution >= 0.6 is 0 Å². The van der Waals surface area contributed by atoms with Crippen molar-refractivity contribution in [3.05, 3.63) is 48.3 Å². The quantitative estimate of drug-likeness (QED) is 0.698. The topological polar surface area (TPSA) is 68.5 Å². The molecule has 0 unspecified atom stereocenters. The molecule has 1 N–H and O–H groups in total. The van der Waals surface area contributed by atoms with Crippen molar-refractivity contribution in [1.82, 2.24) is 14.6 Å². The maximum atomic E-state index is 13.3. The number of nitrogens with one attached hydrogen (secondary N) is 1. The molecule has 1 amide bonds. The van der Waals surface area contributed by atoms with Crippen LogP contribution in [0.4, 0.5) is 23.7 Å². The molecule has 0 aliphatic heterocycles. The van der Waals surface area contributed by atoms with Gasteiger partial charge in [-0.2, -0.15) is 18.3 Å². The number of halogens is 3. The highest BCUT2D eigenvalue weighted by Gasteiger charge is 2.33. The Hall–Kier alpha value is -3.10. The lowest BCUT2D eigenvalue weighted by molar-refractivity contribution is -0.137. The standard InChI is InChI=1S/C18H17F3N4O2/c1-17(2,3)27-16(26)24-14-10-22-25-9-8-13(23-15(14)25)11-6-4-5-7-12(11)18(19,20)21/h4-10H,1-3H3,(H,24,26). The molecular formula is C18H17F3N4O2. The molecule has 0 radical (unpaired) electrons. The fourth-order valence-electron chi connectivity index (χ4n) is 2.47. The summed E-state index contributed by atoms with van der Waals surface area (Å²) < 4.78 is 46.4. The minimum absolute atomic E-state index is 0.0584. The fraction of sp³-hybridized carbons (Fsp3) is 0.278. The molecule has 0 bridgehead atoms. The highest BCUT2D eigenvalue weighted by Crippen LogP contribution is 2.36. The molecule has 142 valence electrons. The van der Waals surface area contributed by atoms with Crippen LogP contribution in [0.1, 0.15) is 26.3 Å². The van der Waals surface area contributed by atoms with Gasteiger partial charge in [-0.25, -0.2) is 14.3 Å². The largest absolute Gasteiger partial charge is 0.444 e. The molecule has 0 aliphatic rings. The van der Waals surface area contributed by atoms with Gasteiger partial charge in [-0.3, -0.25) is 5.32 Å². The van der Waals surface area contributed by atoms with Crippen LogP contribution in [0.25, 0.3) is 16.9 Å². The van der Waals surface area contributed by atoms with E-state index in [1.807, 2.05) is 0 Å². The summed E-state index contributed by atoms with van der Waals surface area (Å²) >= 11 is 0. The molecule has 0 spiro atoms. The van der Waals surface area contributed by atoms with Gasteiger partial charge in [0.2, 0.25) is 0 Å². The normalized spacial score (nSPS) is 12.2. The lowest BCUT2D eigenvalue weighted by atomic mass is 10.0. The van der Waals surface area contributed by atoms with E-state index in [1.54, 1.807) is 20.8 Å². The molecule has 0 saturated carbocycles. The molecule has 0 atom stereocenters. The summed E-state index contributed by atoms with van der Waals surface area (Å²) in [4.78, 5) is 16.2. The number of carbonyl (C=O) groups excluding carboxylic acids is 1. The maximum absolute atomic E-state index is 13.3. The Labute approximate surface area is 153 Å². The SMILES string of the molecule is CC(C)(C)OC(=O)Nc1cnn2ccc(-c3ccccc3C(F)(F)F)nc12. The number of amides is 1. The van der Waals surface area contributed by atoms with Crippen LogP contribution in [-0.4, -0.2) is 26.3 Å². The zero-order valence-electron chi connectivity index (χ0n) is 14.8. The highest BCUT2D eigenvalue weighted by molar-refractivity contribution is 5.89. The minimum Gasteiger partial charge on any atom is -0.444 e. The molecule has 0 fully saturated rings. The summed E-state index contributed by atoms with van der Waals surface area (Å²) in [6, 6.07) is 6.60. The minimum atomic E-state index is -4.51. The predicted octanol–water partition coefficient (Wildman–Crippen LogP) is 4.76. The second kappa shape index (κ2) is 6.57. The first-order valence-electron chi connectivity index (χ1n) is 8.05. The predicted molar refractivity (Wildman–Crippen MR) is 93.3 cm³/mol. The van der Waals surface area contributed by atoms with Gasteiger partial charge in [-0.1, -0.05) is 18.2 Å². The lowest BCUT2D eigenvalue weighted by Crippen LogP contribution is -2.27. The molecule has 9 heteroatoms. The van der Waals surface area contributed by atoms with Crippen LogP contribution < -0.4 is 5.32 Å². The average Bonchev–Trinajstić information content (AvgIpc) is 2.94. The van der Waals surface area contributed by atoms with E-state index in [4.69, 9.17) is 4.74 Å². The molecule has 0 saturated heterocycles. The summed E-state index contributed by atoms with van der Waals surface area (Å²) in [5.74, 6) is 0. The zero-order chi connectivity index (χ0) is 19.8. The highest BCUT2D eigenvalue weighted by atomic mass is 19.4. The molecule has 0 aliphatic carbocycles. The number of ether oxygens (including phenoxy) is 1. The zero-order valence-corrected chi connectivity index (χ0v) is 14.8. The van der Waals surface area contributed by atoms with Gasteiger partial charge in [-0.15, -0.1) is 0 Å². The van der Waals surface area contributed by atoms with E-state index in [2.05, 4.69) is 15.4 Å². The average molecular weight is 378 g/mol. The van der Waals surface area contributed by atoms with E-state index < -0.39 is 23.4 Å². The number of nitrogens with zero attached hydrogens (tertiary/aromatic N) is 3. The van der Waals surface area contributed by atoms with Crippen LogP contribution in [0.15, 0.2) is 42.7 Å². The number of aromatic nitrogens is 3. The van der Waals surface area contributed by atoms with E-state index in [1.165, 1.54) is 41.2 Å².